The Kier molecular flexibility index (Phi) is 4.45. The predicted molar refractivity (Wildman–Crippen MR) is 93.6 cm³/mol. The van der Waals surface area contributed by atoms with E-state index in [1.807, 2.05) is 6.92 Å². The van der Waals surface area contributed by atoms with Gasteiger partial charge < -0.3 is 10.5 Å². The molecule has 7 nitrogen and oxygen atoms in total. The molecule has 0 saturated heterocycles. The van der Waals surface area contributed by atoms with Crippen LogP contribution in [0.25, 0.3) is 5.69 Å². The van der Waals surface area contributed by atoms with Gasteiger partial charge in [-0.25, -0.2) is 8.42 Å². The number of benzene rings is 2. The fourth-order valence-corrected chi connectivity index (χ4v) is 3.64. The Labute approximate surface area is 146 Å². The predicted octanol–water partition coefficient (Wildman–Crippen LogP) is 2.25. The molecule has 0 saturated carbocycles. The lowest BCUT2D eigenvalue weighted by molar-refractivity contribution is 0.414. The molecule has 0 fully saturated rings. The number of aromatic nitrogens is 3. The maximum atomic E-state index is 12.8. The van der Waals surface area contributed by atoms with E-state index in [0.29, 0.717) is 11.4 Å². The quantitative estimate of drug-likeness (QED) is 0.751. The normalized spacial score (nSPS) is 11.4. The summed E-state index contributed by atoms with van der Waals surface area (Å²) in [6, 6.07) is 13.6. The van der Waals surface area contributed by atoms with Gasteiger partial charge in [0.15, 0.2) is 5.82 Å². The molecule has 25 heavy (non-hydrogen) atoms. The molecular weight excluding hydrogens is 340 g/mol. The Morgan fingerprint density at radius 1 is 1.16 bits per heavy atom. The zero-order valence-corrected chi connectivity index (χ0v) is 14.7. The number of nitrogen functional groups attached to an aromatic ring is 1. The third kappa shape index (κ3) is 3.08. The van der Waals surface area contributed by atoms with Crippen molar-refractivity contribution in [2.75, 3.05) is 12.8 Å². The molecule has 1 heterocycles. The summed E-state index contributed by atoms with van der Waals surface area (Å²) in [4.78, 5) is 0.133. The summed E-state index contributed by atoms with van der Waals surface area (Å²) < 4.78 is 32.0. The van der Waals surface area contributed by atoms with Gasteiger partial charge in [-0.3, -0.25) is 0 Å². The van der Waals surface area contributed by atoms with Crippen molar-refractivity contribution in [3.05, 3.63) is 54.1 Å². The van der Waals surface area contributed by atoms with Crippen molar-refractivity contribution >= 4 is 15.7 Å². The first-order valence-corrected chi connectivity index (χ1v) is 9.15. The van der Waals surface area contributed by atoms with Gasteiger partial charge in [0.2, 0.25) is 14.9 Å². The maximum absolute atomic E-state index is 12.8. The molecule has 0 spiro atoms. The van der Waals surface area contributed by atoms with E-state index in [-0.39, 0.29) is 15.7 Å². The number of hydrogen-bond donors (Lipinski definition) is 1. The van der Waals surface area contributed by atoms with Gasteiger partial charge in [-0.05, 0) is 36.2 Å². The minimum atomic E-state index is -3.85. The van der Waals surface area contributed by atoms with Gasteiger partial charge in [-0.1, -0.05) is 30.3 Å². The van der Waals surface area contributed by atoms with Crippen molar-refractivity contribution in [1.29, 1.82) is 0 Å². The maximum Gasteiger partial charge on any atom is 0.229 e. The zero-order chi connectivity index (χ0) is 18.0. The molecule has 0 radical (unpaired) electrons. The van der Waals surface area contributed by atoms with E-state index in [0.717, 1.165) is 12.0 Å². The summed E-state index contributed by atoms with van der Waals surface area (Å²) in [5.74, 6) is 0.555. The molecule has 2 N–H and O–H groups in total. The van der Waals surface area contributed by atoms with E-state index in [1.165, 1.54) is 4.68 Å². The second kappa shape index (κ2) is 6.56. The number of nitrogens with zero attached hydrogens (tertiary/aromatic N) is 3. The molecule has 3 rings (SSSR count). The molecular formula is C17H18N4O3S. The van der Waals surface area contributed by atoms with Crippen LogP contribution in [0.5, 0.6) is 5.75 Å². The van der Waals surface area contributed by atoms with E-state index >= 15 is 0 Å². The zero-order valence-electron chi connectivity index (χ0n) is 13.9. The Morgan fingerprint density at radius 3 is 2.52 bits per heavy atom. The SMILES string of the molecule is CCc1ccc(S(=O)(=O)c2nnn(-c3cccc(OC)c3)c2N)cc1. The van der Waals surface area contributed by atoms with E-state index in [9.17, 15) is 8.42 Å². The number of ether oxygens (including phenoxy) is 1. The number of nitrogens with two attached hydrogens (primary N) is 1. The summed E-state index contributed by atoms with van der Waals surface area (Å²) in [5.41, 5.74) is 7.63. The summed E-state index contributed by atoms with van der Waals surface area (Å²) in [6.45, 7) is 2.00. The highest BCUT2D eigenvalue weighted by atomic mass is 32.2. The fraction of sp³-hybridized carbons (Fsp3) is 0.176. The Balaban J connectivity index is 2.04. The number of hydrogen-bond acceptors (Lipinski definition) is 6. The number of rotatable bonds is 5. The summed E-state index contributed by atoms with van der Waals surface area (Å²) >= 11 is 0. The molecule has 3 aromatic rings. The van der Waals surface area contributed by atoms with Gasteiger partial charge in [0.1, 0.15) is 5.75 Å². The van der Waals surface area contributed by atoms with Crippen LogP contribution in [-0.2, 0) is 16.3 Å². The van der Waals surface area contributed by atoms with Crippen LogP contribution in [0, 0.1) is 0 Å². The van der Waals surface area contributed by atoms with E-state index in [4.69, 9.17) is 10.5 Å². The minimum Gasteiger partial charge on any atom is -0.497 e. The van der Waals surface area contributed by atoms with Crippen molar-refractivity contribution in [2.45, 2.75) is 23.3 Å². The topological polar surface area (TPSA) is 100 Å². The molecule has 8 heteroatoms. The van der Waals surface area contributed by atoms with E-state index < -0.39 is 9.84 Å². The molecule has 0 aliphatic rings. The first-order chi connectivity index (χ1) is 12.0. The third-order valence-electron chi connectivity index (χ3n) is 3.87. The van der Waals surface area contributed by atoms with Crippen molar-refractivity contribution < 1.29 is 13.2 Å². The monoisotopic (exact) mass is 358 g/mol. The number of methoxy groups -OCH3 is 1. The van der Waals surface area contributed by atoms with Gasteiger partial charge in [-0.15, -0.1) is 5.10 Å². The Morgan fingerprint density at radius 2 is 1.88 bits per heavy atom. The molecule has 1 aromatic heterocycles. The van der Waals surface area contributed by atoms with Crippen LogP contribution in [-0.4, -0.2) is 30.5 Å². The van der Waals surface area contributed by atoms with E-state index in [1.54, 1.807) is 55.6 Å². The third-order valence-corrected chi connectivity index (χ3v) is 5.56. The van der Waals surface area contributed by atoms with Crippen LogP contribution in [0.3, 0.4) is 0 Å². The van der Waals surface area contributed by atoms with Crippen molar-refractivity contribution in [1.82, 2.24) is 15.0 Å². The Bertz CT molecular complexity index is 995. The van der Waals surface area contributed by atoms with Gasteiger partial charge in [0, 0.05) is 6.07 Å². The second-order valence-electron chi connectivity index (χ2n) is 5.39. The summed E-state index contributed by atoms with van der Waals surface area (Å²) in [5, 5.41) is 7.43. The molecule has 0 unspecified atom stereocenters. The average Bonchev–Trinajstić information content (AvgIpc) is 3.04. The highest BCUT2D eigenvalue weighted by molar-refractivity contribution is 7.91. The lowest BCUT2D eigenvalue weighted by Gasteiger charge is -2.06. The minimum absolute atomic E-state index is 0.0483. The molecule has 0 aliphatic heterocycles. The van der Waals surface area contributed by atoms with Crippen molar-refractivity contribution in [3.8, 4) is 11.4 Å². The number of sulfone groups is 1. The first kappa shape index (κ1) is 17.0. The van der Waals surface area contributed by atoms with Crippen LogP contribution in [0.15, 0.2) is 58.5 Å². The lowest BCUT2D eigenvalue weighted by atomic mass is 10.2. The molecule has 0 amide bonds. The molecule has 0 bridgehead atoms. The largest absolute Gasteiger partial charge is 0.497 e. The second-order valence-corrected chi connectivity index (χ2v) is 7.26. The Hall–Kier alpha value is -2.87. The molecule has 0 atom stereocenters. The van der Waals surface area contributed by atoms with Gasteiger partial charge in [-0.2, -0.15) is 4.68 Å². The smallest absolute Gasteiger partial charge is 0.229 e. The highest BCUT2D eigenvalue weighted by Crippen LogP contribution is 2.26. The van der Waals surface area contributed by atoms with Crippen molar-refractivity contribution in [2.24, 2.45) is 0 Å². The average molecular weight is 358 g/mol. The van der Waals surface area contributed by atoms with Crippen molar-refractivity contribution in [3.63, 3.8) is 0 Å². The summed E-state index contributed by atoms with van der Waals surface area (Å²) in [7, 11) is -2.31. The van der Waals surface area contributed by atoms with Gasteiger partial charge in [0.25, 0.3) is 0 Å². The fourth-order valence-electron chi connectivity index (χ4n) is 2.42. The van der Waals surface area contributed by atoms with Crippen LogP contribution in [0.4, 0.5) is 5.82 Å². The standard InChI is InChI=1S/C17H18N4O3S/c1-3-12-7-9-15(10-8-12)25(22,23)17-16(18)21(20-19-17)13-5-4-6-14(11-13)24-2/h4-11H,3,18H2,1-2H3. The highest BCUT2D eigenvalue weighted by Gasteiger charge is 2.26. The van der Waals surface area contributed by atoms with Gasteiger partial charge >= 0.3 is 0 Å². The number of aryl methyl sites for hydroxylation is 1. The lowest BCUT2D eigenvalue weighted by Crippen LogP contribution is -2.08. The first-order valence-electron chi connectivity index (χ1n) is 7.67. The molecule has 0 aliphatic carbocycles. The number of anilines is 1. The van der Waals surface area contributed by atoms with Gasteiger partial charge in [0.05, 0.1) is 17.7 Å². The molecule has 2 aromatic carbocycles. The van der Waals surface area contributed by atoms with Crippen LogP contribution in [0.1, 0.15) is 12.5 Å². The summed E-state index contributed by atoms with van der Waals surface area (Å²) in [6.07, 6.45) is 0.828. The van der Waals surface area contributed by atoms with E-state index in [2.05, 4.69) is 10.3 Å². The molecule has 130 valence electrons. The van der Waals surface area contributed by atoms with Crippen LogP contribution in [0.2, 0.25) is 0 Å². The van der Waals surface area contributed by atoms with Crippen LogP contribution >= 0.6 is 0 Å². The van der Waals surface area contributed by atoms with Crippen LogP contribution < -0.4 is 10.5 Å².